The van der Waals surface area contributed by atoms with E-state index in [1.807, 2.05) is 28.8 Å². The summed E-state index contributed by atoms with van der Waals surface area (Å²) < 4.78 is 7.75. The van der Waals surface area contributed by atoms with Crippen molar-refractivity contribution in [3.63, 3.8) is 0 Å². The molecule has 2 aromatic rings. The van der Waals surface area contributed by atoms with Gasteiger partial charge in [-0.3, -0.25) is 4.99 Å². The second kappa shape index (κ2) is 13.1. The van der Waals surface area contributed by atoms with Crippen molar-refractivity contribution in [2.24, 2.45) is 4.99 Å². The van der Waals surface area contributed by atoms with E-state index in [-0.39, 0.29) is 24.0 Å². The topological polar surface area (TPSA) is 76.4 Å². The lowest BCUT2D eigenvalue weighted by molar-refractivity contribution is 0.322. The summed E-state index contributed by atoms with van der Waals surface area (Å²) in [5, 5.41) is 14.5. The maximum Gasteiger partial charge on any atom is 0.191 e. The van der Waals surface area contributed by atoms with Gasteiger partial charge in [0.2, 0.25) is 0 Å². The third-order valence-corrected chi connectivity index (χ3v) is 3.72. The van der Waals surface area contributed by atoms with Gasteiger partial charge in [0.25, 0.3) is 0 Å². The number of guanidine groups is 1. The van der Waals surface area contributed by atoms with Crippen LogP contribution in [0.1, 0.15) is 18.3 Å². The zero-order valence-corrected chi connectivity index (χ0v) is 18.3. The number of nitrogens with one attached hydrogen (secondary N) is 2. The Bertz CT molecular complexity index is 698. The van der Waals surface area contributed by atoms with Crippen molar-refractivity contribution < 1.29 is 4.74 Å². The monoisotopic (exact) mass is 484 g/mol. The van der Waals surface area contributed by atoms with Gasteiger partial charge in [-0.15, -0.1) is 40.8 Å². The average Bonchev–Trinajstić information content (AvgIpc) is 3.11. The van der Waals surface area contributed by atoms with Crippen LogP contribution in [0, 0.1) is 6.92 Å². The average molecular weight is 484 g/mol. The van der Waals surface area contributed by atoms with Crippen molar-refractivity contribution in [2.45, 2.75) is 26.8 Å². The fraction of sp³-hybridized carbons (Fsp3) is 0.421. The summed E-state index contributed by atoms with van der Waals surface area (Å²) in [7, 11) is 0. The summed E-state index contributed by atoms with van der Waals surface area (Å²) in [5.41, 5.74) is 1.22. The molecule has 0 aliphatic rings. The Morgan fingerprint density at radius 3 is 2.78 bits per heavy atom. The Hall–Kier alpha value is -2.10. The fourth-order valence-corrected chi connectivity index (χ4v) is 2.32. The highest BCUT2D eigenvalue weighted by Gasteiger charge is 2.02. The molecule has 7 nitrogen and oxygen atoms in total. The number of hydrogen-bond acceptors (Lipinski definition) is 4. The molecule has 0 aliphatic heterocycles. The van der Waals surface area contributed by atoms with Gasteiger partial charge < -0.3 is 19.9 Å². The van der Waals surface area contributed by atoms with Crippen molar-refractivity contribution in [3.8, 4) is 5.75 Å². The summed E-state index contributed by atoms with van der Waals surface area (Å²) in [6, 6.07) is 8.03. The summed E-state index contributed by atoms with van der Waals surface area (Å²) >= 11 is 0. The van der Waals surface area contributed by atoms with Crippen molar-refractivity contribution in [1.29, 1.82) is 0 Å². The summed E-state index contributed by atoms with van der Waals surface area (Å²) in [5.74, 6) is 2.58. The van der Waals surface area contributed by atoms with Crippen LogP contribution in [-0.4, -0.2) is 47.0 Å². The minimum Gasteiger partial charge on any atom is -0.492 e. The van der Waals surface area contributed by atoms with Crippen molar-refractivity contribution in [3.05, 3.63) is 54.6 Å². The third kappa shape index (κ3) is 8.42. The van der Waals surface area contributed by atoms with Crippen LogP contribution < -0.4 is 15.4 Å². The summed E-state index contributed by atoms with van der Waals surface area (Å²) in [6.45, 7) is 11.1. The van der Waals surface area contributed by atoms with Crippen LogP contribution in [0.5, 0.6) is 5.75 Å². The van der Waals surface area contributed by atoms with E-state index in [9.17, 15) is 0 Å². The van der Waals surface area contributed by atoms with Crippen LogP contribution in [0.15, 0.2) is 48.2 Å². The molecule has 0 atom stereocenters. The van der Waals surface area contributed by atoms with Crippen LogP contribution in [0.3, 0.4) is 0 Å². The lowest BCUT2D eigenvalue weighted by Crippen LogP contribution is -2.39. The van der Waals surface area contributed by atoms with Crippen molar-refractivity contribution in [1.82, 2.24) is 25.4 Å². The van der Waals surface area contributed by atoms with E-state index in [1.165, 1.54) is 5.56 Å². The summed E-state index contributed by atoms with van der Waals surface area (Å²) in [6.07, 6.45) is 4.41. The van der Waals surface area contributed by atoms with E-state index >= 15 is 0 Å². The molecule has 0 bridgehead atoms. The lowest BCUT2D eigenvalue weighted by Gasteiger charge is -2.12. The first-order valence-electron chi connectivity index (χ1n) is 8.92. The van der Waals surface area contributed by atoms with E-state index in [2.05, 4.69) is 46.2 Å². The molecular weight excluding hydrogens is 455 g/mol. The standard InChI is InChI=1S/C19H28N6O.HI/c1-4-10-20-19(21-11-13-25-15-23-24-18(25)5-2)22-12-14-26-17-8-6-16(3)7-9-17;/h4,6-9,15H,1,5,10-14H2,2-3H3,(H2,20,21,22);1H. The third-order valence-electron chi connectivity index (χ3n) is 3.72. The smallest absolute Gasteiger partial charge is 0.191 e. The Balaban J connectivity index is 0.00000364. The molecule has 2 N–H and O–H groups in total. The van der Waals surface area contributed by atoms with Crippen molar-refractivity contribution in [2.75, 3.05) is 26.2 Å². The van der Waals surface area contributed by atoms with Gasteiger partial charge in [0.1, 0.15) is 24.5 Å². The fourth-order valence-electron chi connectivity index (χ4n) is 2.32. The molecule has 0 saturated carbocycles. The van der Waals surface area contributed by atoms with Gasteiger partial charge in [0, 0.05) is 19.5 Å². The minimum absolute atomic E-state index is 0. The first-order valence-corrected chi connectivity index (χ1v) is 8.92. The highest BCUT2D eigenvalue weighted by Crippen LogP contribution is 2.10. The molecule has 0 saturated heterocycles. The van der Waals surface area contributed by atoms with E-state index in [4.69, 9.17) is 4.74 Å². The molecule has 0 aliphatic carbocycles. The number of benzene rings is 1. The second-order valence-electron chi connectivity index (χ2n) is 5.78. The van der Waals surface area contributed by atoms with Gasteiger partial charge in [-0.05, 0) is 19.1 Å². The first kappa shape index (κ1) is 22.9. The Labute approximate surface area is 178 Å². The van der Waals surface area contributed by atoms with Gasteiger partial charge in [-0.25, -0.2) is 0 Å². The van der Waals surface area contributed by atoms with Crippen molar-refractivity contribution >= 4 is 29.9 Å². The number of aryl methyl sites for hydroxylation is 2. The number of halogens is 1. The van der Waals surface area contributed by atoms with Crippen LogP contribution in [-0.2, 0) is 13.0 Å². The molecule has 1 aromatic carbocycles. The van der Waals surface area contributed by atoms with Gasteiger partial charge in [0.05, 0.1) is 13.1 Å². The normalized spacial score (nSPS) is 10.8. The molecule has 0 radical (unpaired) electrons. The minimum atomic E-state index is 0. The molecule has 1 aromatic heterocycles. The number of aliphatic imine (C=N–C) groups is 1. The molecule has 0 unspecified atom stereocenters. The number of ether oxygens (including phenoxy) is 1. The molecule has 2 rings (SSSR count). The van der Waals surface area contributed by atoms with Gasteiger partial charge in [0.15, 0.2) is 5.96 Å². The molecule has 148 valence electrons. The Morgan fingerprint density at radius 1 is 1.30 bits per heavy atom. The van der Waals surface area contributed by atoms with E-state index in [0.29, 0.717) is 26.2 Å². The van der Waals surface area contributed by atoms with Gasteiger partial charge in [-0.1, -0.05) is 30.7 Å². The maximum atomic E-state index is 5.72. The lowest BCUT2D eigenvalue weighted by atomic mass is 10.2. The highest BCUT2D eigenvalue weighted by molar-refractivity contribution is 14.0. The largest absolute Gasteiger partial charge is 0.492 e. The quantitative estimate of drug-likeness (QED) is 0.178. The molecule has 8 heteroatoms. The number of rotatable bonds is 10. The number of hydrogen-bond donors (Lipinski definition) is 2. The van der Waals surface area contributed by atoms with E-state index in [0.717, 1.165) is 30.5 Å². The molecular formula is C19H29IN6O. The molecule has 0 amide bonds. The van der Waals surface area contributed by atoms with Crippen LogP contribution >= 0.6 is 24.0 Å². The molecule has 27 heavy (non-hydrogen) atoms. The summed E-state index contributed by atoms with van der Waals surface area (Å²) in [4.78, 5) is 4.58. The van der Waals surface area contributed by atoms with Crippen LogP contribution in [0.25, 0.3) is 0 Å². The van der Waals surface area contributed by atoms with Crippen LogP contribution in [0.4, 0.5) is 0 Å². The second-order valence-corrected chi connectivity index (χ2v) is 5.78. The molecule has 0 fully saturated rings. The number of aromatic nitrogens is 3. The predicted molar refractivity (Wildman–Crippen MR) is 120 cm³/mol. The SMILES string of the molecule is C=CCNC(=NCCn1cnnc1CC)NCCOc1ccc(C)cc1.I. The van der Waals surface area contributed by atoms with E-state index in [1.54, 1.807) is 12.4 Å². The number of nitrogens with zero attached hydrogens (tertiary/aromatic N) is 4. The molecule has 1 heterocycles. The molecule has 0 spiro atoms. The zero-order valence-electron chi connectivity index (χ0n) is 16.0. The zero-order chi connectivity index (χ0) is 18.6. The van der Waals surface area contributed by atoms with Gasteiger partial charge >= 0.3 is 0 Å². The van der Waals surface area contributed by atoms with Crippen LogP contribution in [0.2, 0.25) is 0 Å². The maximum absolute atomic E-state index is 5.72. The van der Waals surface area contributed by atoms with Gasteiger partial charge in [-0.2, -0.15) is 0 Å². The van der Waals surface area contributed by atoms with E-state index < -0.39 is 0 Å². The highest BCUT2D eigenvalue weighted by atomic mass is 127. The Morgan fingerprint density at radius 2 is 2.07 bits per heavy atom. The Kier molecular flexibility index (Phi) is 11.2. The first-order chi connectivity index (χ1) is 12.7. The predicted octanol–water partition coefficient (Wildman–Crippen LogP) is 2.57.